The van der Waals surface area contributed by atoms with Crippen LogP contribution in [-0.2, 0) is 0 Å². The van der Waals surface area contributed by atoms with Crippen LogP contribution in [0, 0.1) is 0 Å². The van der Waals surface area contributed by atoms with Crippen LogP contribution in [0.1, 0.15) is 72.1 Å². The molecule has 1 nitrogen and oxygen atoms in total. The second-order valence-electron chi connectivity index (χ2n) is 8.85. The van der Waals surface area contributed by atoms with Crippen LogP contribution in [0.15, 0.2) is 72.8 Å². The lowest BCUT2D eigenvalue weighted by Crippen LogP contribution is -2.40. The highest BCUT2D eigenvalue weighted by molar-refractivity contribution is 5.96. The summed E-state index contributed by atoms with van der Waals surface area (Å²) < 4.78 is 0. The highest BCUT2D eigenvalue weighted by atomic mass is 15.2. The average molecular weight is 388 g/mol. The number of benzene rings is 3. The lowest BCUT2D eigenvalue weighted by atomic mass is 9.91. The van der Waals surface area contributed by atoms with Crippen LogP contribution in [0.2, 0.25) is 0 Å². The van der Waals surface area contributed by atoms with Crippen LogP contribution in [-0.4, -0.2) is 5.54 Å². The van der Waals surface area contributed by atoms with Gasteiger partial charge in [-0.05, 0) is 43.9 Å². The molecule has 0 aliphatic heterocycles. The van der Waals surface area contributed by atoms with E-state index >= 15 is 0 Å². The number of hydrogen-bond donors (Lipinski definition) is 0. The van der Waals surface area contributed by atoms with E-state index in [0.29, 0.717) is 0 Å². The molecule has 0 radical (unpaired) electrons. The van der Waals surface area contributed by atoms with Crippen molar-refractivity contribution < 1.29 is 0 Å². The highest BCUT2D eigenvalue weighted by Gasteiger charge is 2.29. The molecule has 1 heteroatoms. The fourth-order valence-electron chi connectivity index (χ4n) is 4.42. The molecule has 0 unspecified atom stereocenters. The minimum Gasteiger partial charge on any atom is -0.335 e. The third-order valence-electron chi connectivity index (χ3n) is 6.02. The molecular weight excluding hydrogens is 350 g/mol. The van der Waals surface area contributed by atoms with Crippen molar-refractivity contribution in [3.05, 3.63) is 72.8 Å². The quantitative estimate of drug-likeness (QED) is 0.297. The summed E-state index contributed by atoms with van der Waals surface area (Å²) in [4.78, 5) is 2.56. The third-order valence-corrected chi connectivity index (χ3v) is 6.02. The minimum absolute atomic E-state index is 0.0505. The van der Waals surface area contributed by atoms with E-state index in [9.17, 15) is 0 Å². The van der Waals surface area contributed by atoms with E-state index in [1.165, 1.54) is 73.5 Å². The molecule has 0 aliphatic carbocycles. The van der Waals surface area contributed by atoms with E-state index in [0.717, 1.165) is 0 Å². The summed E-state index contributed by atoms with van der Waals surface area (Å²) in [7, 11) is 0. The molecule has 3 rings (SSSR count). The summed E-state index contributed by atoms with van der Waals surface area (Å²) in [5.74, 6) is 0. The van der Waals surface area contributed by atoms with Crippen LogP contribution in [0.5, 0.6) is 0 Å². The van der Waals surface area contributed by atoms with Gasteiger partial charge in [-0.25, -0.2) is 0 Å². The number of fused-ring (bicyclic) bond motifs is 1. The topological polar surface area (TPSA) is 3.24 Å². The molecule has 0 bridgehead atoms. The summed E-state index contributed by atoms with van der Waals surface area (Å²) in [5.41, 5.74) is 2.63. The Hall–Kier alpha value is -2.28. The van der Waals surface area contributed by atoms with Gasteiger partial charge in [0.15, 0.2) is 0 Å². The van der Waals surface area contributed by atoms with Crippen molar-refractivity contribution in [3.63, 3.8) is 0 Å². The van der Waals surface area contributed by atoms with Gasteiger partial charge in [0.1, 0.15) is 0 Å². The zero-order valence-corrected chi connectivity index (χ0v) is 18.5. The van der Waals surface area contributed by atoms with Crippen molar-refractivity contribution in [1.82, 2.24) is 0 Å². The van der Waals surface area contributed by atoms with Crippen molar-refractivity contribution in [3.8, 4) is 0 Å². The Kier molecular flexibility index (Phi) is 7.75. The molecule has 0 N–H and O–H groups in total. The van der Waals surface area contributed by atoms with Gasteiger partial charge in [0.25, 0.3) is 0 Å². The summed E-state index contributed by atoms with van der Waals surface area (Å²) in [6, 6.07) is 26.3. The number of anilines is 2. The van der Waals surface area contributed by atoms with E-state index in [2.05, 4.69) is 98.5 Å². The first-order valence-corrected chi connectivity index (χ1v) is 11.5. The largest absolute Gasteiger partial charge is 0.335 e. The molecule has 0 saturated carbocycles. The molecule has 0 atom stereocenters. The Morgan fingerprint density at radius 2 is 1.28 bits per heavy atom. The molecule has 29 heavy (non-hydrogen) atoms. The fourth-order valence-corrected chi connectivity index (χ4v) is 4.42. The van der Waals surface area contributed by atoms with Crippen LogP contribution < -0.4 is 4.90 Å². The maximum atomic E-state index is 2.56. The van der Waals surface area contributed by atoms with Gasteiger partial charge in [-0.1, -0.05) is 106 Å². The molecule has 0 aliphatic rings. The van der Waals surface area contributed by atoms with E-state index in [1.54, 1.807) is 0 Å². The van der Waals surface area contributed by atoms with Gasteiger partial charge in [-0.3, -0.25) is 0 Å². The first-order valence-electron chi connectivity index (χ1n) is 11.5. The average Bonchev–Trinajstić information content (AvgIpc) is 2.74. The molecular formula is C28H37N. The Labute approximate surface area is 177 Å². The van der Waals surface area contributed by atoms with Crippen molar-refractivity contribution in [2.24, 2.45) is 0 Å². The first kappa shape index (κ1) is 21.4. The summed E-state index contributed by atoms with van der Waals surface area (Å²) in [6.07, 6.45) is 10.7. The number of para-hydroxylation sites is 1. The normalized spacial score (nSPS) is 11.7. The van der Waals surface area contributed by atoms with Crippen molar-refractivity contribution in [2.75, 3.05) is 4.90 Å². The Bertz CT molecular complexity index is 860. The van der Waals surface area contributed by atoms with E-state index in [-0.39, 0.29) is 5.54 Å². The summed E-state index contributed by atoms with van der Waals surface area (Å²) in [6.45, 7) is 7.09. The maximum absolute atomic E-state index is 2.56. The Morgan fingerprint density at radius 3 is 2.03 bits per heavy atom. The third kappa shape index (κ3) is 5.63. The predicted molar refractivity (Wildman–Crippen MR) is 129 cm³/mol. The van der Waals surface area contributed by atoms with Crippen LogP contribution in [0.3, 0.4) is 0 Å². The monoisotopic (exact) mass is 387 g/mol. The van der Waals surface area contributed by atoms with E-state index < -0.39 is 0 Å². The zero-order valence-electron chi connectivity index (χ0n) is 18.5. The zero-order chi connectivity index (χ0) is 20.5. The molecule has 3 aromatic carbocycles. The van der Waals surface area contributed by atoms with Gasteiger partial charge in [0.05, 0.1) is 0 Å². The fraction of sp³-hybridized carbons (Fsp3) is 0.429. The smallest absolute Gasteiger partial charge is 0.0495 e. The molecule has 154 valence electrons. The van der Waals surface area contributed by atoms with Crippen molar-refractivity contribution in [1.29, 1.82) is 0 Å². The maximum Gasteiger partial charge on any atom is 0.0495 e. The van der Waals surface area contributed by atoms with Crippen LogP contribution in [0.4, 0.5) is 11.4 Å². The van der Waals surface area contributed by atoms with E-state index in [4.69, 9.17) is 0 Å². The van der Waals surface area contributed by atoms with Crippen molar-refractivity contribution >= 4 is 22.1 Å². The number of unbranched alkanes of at least 4 members (excludes halogenated alkanes) is 6. The second-order valence-corrected chi connectivity index (χ2v) is 8.85. The lowest BCUT2D eigenvalue weighted by molar-refractivity contribution is 0.433. The van der Waals surface area contributed by atoms with Crippen LogP contribution >= 0.6 is 0 Å². The first-order chi connectivity index (χ1) is 14.1. The molecule has 3 aromatic rings. The lowest BCUT2D eigenvalue weighted by Gasteiger charge is -2.41. The molecule has 0 spiro atoms. The van der Waals surface area contributed by atoms with Gasteiger partial charge in [-0.2, -0.15) is 0 Å². The van der Waals surface area contributed by atoms with Gasteiger partial charge in [0.2, 0.25) is 0 Å². The predicted octanol–water partition coefficient (Wildman–Crippen LogP) is 8.90. The SMILES string of the molecule is CCCCCCCCCC(C)(C)N(c1ccccc1)c1cccc2ccccc12. The Morgan fingerprint density at radius 1 is 0.655 bits per heavy atom. The standard InChI is InChI=1S/C28H37N/c1-4-5-6-7-8-9-15-23-28(2,3)29(25-19-11-10-12-20-25)27-22-16-18-24-17-13-14-21-26(24)27/h10-14,16-22H,4-9,15,23H2,1-3H3. The number of hydrogen-bond acceptors (Lipinski definition) is 1. The molecule has 0 amide bonds. The summed E-state index contributed by atoms with van der Waals surface area (Å²) >= 11 is 0. The van der Waals surface area contributed by atoms with Gasteiger partial charge in [0, 0.05) is 22.3 Å². The van der Waals surface area contributed by atoms with Gasteiger partial charge < -0.3 is 4.90 Å². The number of rotatable bonds is 11. The second kappa shape index (κ2) is 10.5. The summed E-state index contributed by atoms with van der Waals surface area (Å²) in [5, 5.41) is 2.63. The Balaban J connectivity index is 1.82. The molecule has 0 fully saturated rings. The molecule has 0 saturated heterocycles. The van der Waals surface area contributed by atoms with E-state index in [1.807, 2.05) is 0 Å². The molecule has 0 aromatic heterocycles. The van der Waals surface area contributed by atoms with Crippen molar-refractivity contribution in [2.45, 2.75) is 77.7 Å². The van der Waals surface area contributed by atoms with Gasteiger partial charge >= 0.3 is 0 Å². The van der Waals surface area contributed by atoms with Crippen LogP contribution in [0.25, 0.3) is 10.8 Å². The van der Waals surface area contributed by atoms with Gasteiger partial charge in [-0.15, -0.1) is 0 Å². The highest BCUT2D eigenvalue weighted by Crippen LogP contribution is 2.39. The number of nitrogens with zero attached hydrogens (tertiary/aromatic N) is 1. The molecule has 0 heterocycles. The minimum atomic E-state index is 0.0505.